The van der Waals surface area contributed by atoms with Crippen LogP contribution in [0.5, 0.6) is 0 Å². The van der Waals surface area contributed by atoms with Crippen LogP contribution in [-0.4, -0.2) is 49.7 Å². The molecule has 1 saturated heterocycles. The molecule has 7 heteroatoms. The van der Waals surface area contributed by atoms with Gasteiger partial charge in [0, 0.05) is 39.5 Å². The zero-order chi connectivity index (χ0) is 21.9. The van der Waals surface area contributed by atoms with Gasteiger partial charge in [-0.25, -0.2) is 9.18 Å². The Hall–Kier alpha value is -2.02. The summed E-state index contributed by atoms with van der Waals surface area (Å²) in [5.41, 5.74) is 6.71. The second-order valence-electron chi connectivity index (χ2n) is 9.53. The molecule has 164 valence electrons. The smallest absolute Gasteiger partial charge is 0.407 e. The minimum absolute atomic E-state index is 0.0454. The molecule has 0 aromatic heterocycles. The fraction of sp³-hybridized carbons (Fsp3) is 0.682. The zero-order valence-corrected chi connectivity index (χ0v) is 18.6. The van der Waals surface area contributed by atoms with Gasteiger partial charge in [0.15, 0.2) is 0 Å². The normalized spacial score (nSPS) is 17.1. The molecule has 3 N–H and O–H groups in total. The maximum atomic E-state index is 15.1. The predicted octanol–water partition coefficient (Wildman–Crippen LogP) is 4.07. The lowest BCUT2D eigenvalue weighted by molar-refractivity contribution is 0.0232. The summed E-state index contributed by atoms with van der Waals surface area (Å²) >= 11 is 0. The lowest BCUT2D eigenvalue weighted by Gasteiger charge is -2.38. The van der Waals surface area contributed by atoms with E-state index in [0.29, 0.717) is 31.6 Å². The van der Waals surface area contributed by atoms with Gasteiger partial charge in [0.05, 0.1) is 23.5 Å². The van der Waals surface area contributed by atoms with Crippen molar-refractivity contribution in [3.63, 3.8) is 0 Å². The maximum absolute atomic E-state index is 15.1. The number of nitrogens with two attached hydrogens (primary N) is 1. The molecule has 1 heterocycles. The van der Waals surface area contributed by atoms with Gasteiger partial charge in [-0.3, -0.25) is 0 Å². The number of nitrogen functional groups attached to an aromatic ring is 1. The molecule has 0 unspecified atom stereocenters. The number of methoxy groups -OCH3 is 1. The molecule has 1 aromatic rings. The molecule has 0 atom stereocenters. The summed E-state index contributed by atoms with van der Waals surface area (Å²) in [5, 5.41) is 2.56. The van der Waals surface area contributed by atoms with E-state index in [4.69, 9.17) is 15.2 Å². The van der Waals surface area contributed by atoms with Gasteiger partial charge in [0.2, 0.25) is 0 Å². The van der Waals surface area contributed by atoms with E-state index >= 15 is 4.39 Å². The molecular formula is C22H36FN3O3. The first-order valence-electron chi connectivity index (χ1n) is 10.2. The Balaban J connectivity index is 1.92. The average molecular weight is 410 g/mol. The Bertz CT molecular complexity index is 708. The molecule has 0 spiro atoms. The van der Waals surface area contributed by atoms with Crippen LogP contribution in [0, 0.1) is 0 Å². The first-order chi connectivity index (χ1) is 13.3. The number of benzene rings is 1. The van der Waals surface area contributed by atoms with Crippen LogP contribution in [0.4, 0.5) is 20.6 Å². The van der Waals surface area contributed by atoms with E-state index in [9.17, 15) is 4.79 Å². The maximum Gasteiger partial charge on any atom is 0.407 e. The molecule has 29 heavy (non-hydrogen) atoms. The summed E-state index contributed by atoms with van der Waals surface area (Å²) in [6.07, 6.45) is 0.815. The van der Waals surface area contributed by atoms with Crippen LogP contribution in [-0.2, 0) is 15.9 Å². The van der Waals surface area contributed by atoms with Crippen LogP contribution >= 0.6 is 0 Å². The highest BCUT2D eigenvalue weighted by Crippen LogP contribution is 2.33. The van der Waals surface area contributed by atoms with Crippen molar-refractivity contribution in [1.82, 2.24) is 5.32 Å². The monoisotopic (exact) mass is 409 g/mol. The van der Waals surface area contributed by atoms with E-state index in [1.807, 2.05) is 32.0 Å². The van der Waals surface area contributed by atoms with Crippen molar-refractivity contribution in [2.45, 2.75) is 70.8 Å². The Kier molecular flexibility index (Phi) is 7.04. The van der Waals surface area contributed by atoms with Gasteiger partial charge in [0.25, 0.3) is 0 Å². The fourth-order valence-electron chi connectivity index (χ4n) is 3.44. The number of alkyl halides is 1. The molecule has 1 fully saturated rings. The number of alkyl carbamates (subject to hydrolysis) is 1. The molecule has 1 amide bonds. The molecule has 1 aliphatic rings. The highest BCUT2D eigenvalue weighted by Gasteiger charge is 2.36. The van der Waals surface area contributed by atoms with Crippen molar-refractivity contribution in [2.75, 3.05) is 37.4 Å². The fourth-order valence-corrected chi connectivity index (χ4v) is 3.44. The van der Waals surface area contributed by atoms with Gasteiger partial charge in [0.1, 0.15) is 11.3 Å². The Morgan fingerprint density at radius 1 is 1.24 bits per heavy atom. The second kappa shape index (κ2) is 8.78. The number of hydrogen-bond acceptors (Lipinski definition) is 5. The number of carbonyl (C=O) groups excluding carboxylic acids is 1. The second-order valence-corrected chi connectivity index (χ2v) is 9.53. The van der Waals surface area contributed by atoms with Gasteiger partial charge in [-0.15, -0.1) is 0 Å². The van der Waals surface area contributed by atoms with E-state index in [-0.39, 0.29) is 12.1 Å². The van der Waals surface area contributed by atoms with E-state index in [2.05, 4.69) is 10.2 Å². The summed E-state index contributed by atoms with van der Waals surface area (Å²) in [4.78, 5) is 13.9. The van der Waals surface area contributed by atoms with Crippen LogP contribution in [0.3, 0.4) is 0 Å². The summed E-state index contributed by atoms with van der Waals surface area (Å²) in [7, 11) is 1.70. The van der Waals surface area contributed by atoms with Gasteiger partial charge >= 0.3 is 6.09 Å². The summed E-state index contributed by atoms with van der Waals surface area (Å²) in [5.74, 6) is 0. The van der Waals surface area contributed by atoms with E-state index < -0.39 is 17.4 Å². The number of amides is 1. The number of rotatable bonds is 6. The lowest BCUT2D eigenvalue weighted by atomic mass is 9.92. The molecule has 1 aliphatic heterocycles. The summed E-state index contributed by atoms with van der Waals surface area (Å²) in [6, 6.07) is 6.02. The number of carbonyl (C=O) groups is 1. The van der Waals surface area contributed by atoms with E-state index in [1.54, 1.807) is 27.9 Å². The highest BCUT2D eigenvalue weighted by atomic mass is 19.1. The molecule has 6 nitrogen and oxygen atoms in total. The van der Waals surface area contributed by atoms with Crippen LogP contribution in [0.25, 0.3) is 0 Å². The third kappa shape index (κ3) is 7.07. The van der Waals surface area contributed by atoms with Gasteiger partial charge in [-0.05, 0) is 52.3 Å². The third-order valence-electron chi connectivity index (χ3n) is 5.22. The quantitative estimate of drug-likeness (QED) is 0.693. The number of ether oxygens (including phenoxy) is 2. The molecule has 1 aromatic carbocycles. The Labute approximate surface area is 173 Å². The van der Waals surface area contributed by atoms with Crippen molar-refractivity contribution in [3.8, 4) is 0 Å². The minimum atomic E-state index is -1.44. The molecule has 0 radical (unpaired) electrons. The van der Waals surface area contributed by atoms with Crippen molar-refractivity contribution in [2.24, 2.45) is 0 Å². The molecule has 0 bridgehead atoms. The van der Waals surface area contributed by atoms with Crippen LogP contribution in [0.2, 0.25) is 0 Å². The number of nitrogens with zero attached hydrogens (tertiary/aromatic N) is 1. The van der Waals surface area contributed by atoms with Crippen molar-refractivity contribution < 1.29 is 18.7 Å². The Morgan fingerprint density at radius 2 is 1.86 bits per heavy atom. The standard InChI is InChI=1S/C22H36FN3O3/c1-20(2,3)29-19(27)25-15-22(23)9-11-26(12-10-22)18-8-7-16(13-17(18)24)14-21(4,5)28-6/h7-8,13H,9-12,14-15,24H2,1-6H3,(H,25,27). The van der Waals surface area contributed by atoms with E-state index in [1.165, 1.54) is 0 Å². The summed E-state index contributed by atoms with van der Waals surface area (Å²) < 4.78 is 25.8. The van der Waals surface area contributed by atoms with Crippen molar-refractivity contribution >= 4 is 17.5 Å². The van der Waals surface area contributed by atoms with Gasteiger partial charge < -0.3 is 25.4 Å². The lowest BCUT2D eigenvalue weighted by Crippen LogP contribution is -2.49. The zero-order valence-electron chi connectivity index (χ0n) is 18.6. The van der Waals surface area contributed by atoms with Gasteiger partial charge in [-0.2, -0.15) is 0 Å². The topological polar surface area (TPSA) is 76.8 Å². The average Bonchev–Trinajstić information content (AvgIpc) is 2.60. The highest BCUT2D eigenvalue weighted by molar-refractivity contribution is 5.69. The van der Waals surface area contributed by atoms with E-state index in [0.717, 1.165) is 17.7 Å². The van der Waals surface area contributed by atoms with Crippen LogP contribution in [0.1, 0.15) is 53.0 Å². The summed E-state index contributed by atoms with van der Waals surface area (Å²) in [6.45, 7) is 10.4. The number of halogens is 1. The SMILES string of the molecule is COC(C)(C)Cc1ccc(N2CCC(F)(CNC(=O)OC(C)(C)C)CC2)c(N)c1. The minimum Gasteiger partial charge on any atom is -0.444 e. The third-order valence-corrected chi connectivity index (χ3v) is 5.22. The van der Waals surface area contributed by atoms with Crippen molar-refractivity contribution in [3.05, 3.63) is 23.8 Å². The molecule has 0 aliphatic carbocycles. The first-order valence-corrected chi connectivity index (χ1v) is 10.2. The predicted molar refractivity (Wildman–Crippen MR) is 115 cm³/mol. The van der Waals surface area contributed by atoms with Gasteiger partial charge in [-0.1, -0.05) is 6.07 Å². The number of piperidine rings is 1. The number of nitrogens with one attached hydrogen (secondary N) is 1. The number of anilines is 2. The Morgan fingerprint density at radius 3 is 2.38 bits per heavy atom. The molecule has 2 rings (SSSR count). The number of hydrogen-bond donors (Lipinski definition) is 2. The molecule has 0 saturated carbocycles. The van der Waals surface area contributed by atoms with Crippen LogP contribution in [0.15, 0.2) is 18.2 Å². The molecular weight excluding hydrogens is 373 g/mol. The van der Waals surface area contributed by atoms with Crippen LogP contribution < -0.4 is 16.0 Å². The largest absolute Gasteiger partial charge is 0.444 e. The first kappa shape index (κ1) is 23.3. The van der Waals surface area contributed by atoms with Crippen molar-refractivity contribution in [1.29, 1.82) is 0 Å².